The molecule has 6 nitrogen and oxygen atoms in total. The fraction of sp³-hybridized carbons (Fsp3) is 0.0870. The van der Waals surface area contributed by atoms with Crippen LogP contribution >= 0.6 is 11.3 Å². The van der Waals surface area contributed by atoms with Crippen molar-refractivity contribution in [1.29, 1.82) is 0 Å². The number of anilines is 1. The molecule has 0 bridgehead atoms. The lowest BCUT2D eigenvalue weighted by atomic mass is 10.0. The highest BCUT2D eigenvalue weighted by Crippen LogP contribution is 2.38. The Balaban J connectivity index is 1.53. The number of nitrogens with one attached hydrogen (secondary N) is 2. The summed E-state index contributed by atoms with van der Waals surface area (Å²) in [5.74, 6) is -1.41. The van der Waals surface area contributed by atoms with E-state index in [2.05, 4.69) is 39.6 Å². The molecule has 0 aliphatic rings. The third-order valence-electron chi connectivity index (χ3n) is 4.80. The van der Waals surface area contributed by atoms with Crippen LogP contribution in [0.3, 0.4) is 0 Å². The molecule has 0 spiro atoms. The van der Waals surface area contributed by atoms with Gasteiger partial charge in [-0.2, -0.15) is 0 Å². The highest BCUT2D eigenvalue weighted by molar-refractivity contribution is 7.22. The van der Waals surface area contributed by atoms with Crippen LogP contribution in [0.25, 0.3) is 20.5 Å². The number of aromatic nitrogens is 1. The van der Waals surface area contributed by atoms with Crippen molar-refractivity contribution < 1.29 is 15.3 Å². The van der Waals surface area contributed by atoms with E-state index in [-0.39, 0.29) is 6.54 Å². The van der Waals surface area contributed by atoms with Gasteiger partial charge in [0, 0.05) is 39.8 Å². The highest BCUT2D eigenvalue weighted by Gasteiger charge is 2.17. The van der Waals surface area contributed by atoms with Gasteiger partial charge in [-0.3, -0.25) is 14.6 Å². The monoisotopic (exact) mass is 417 g/mol. The summed E-state index contributed by atoms with van der Waals surface area (Å²) < 4.78 is 1.19. The van der Waals surface area contributed by atoms with Crippen LogP contribution in [0.1, 0.15) is 11.1 Å². The van der Waals surface area contributed by atoms with Crippen LogP contribution in [0.5, 0.6) is 0 Å². The molecule has 4 rings (SSSR count). The van der Waals surface area contributed by atoms with Crippen LogP contribution in [-0.4, -0.2) is 16.8 Å². The van der Waals surface area contributed by atoms with Crippen molar-refractivity contribution in [2.45, 2.75) is 13.5 Å². The van der Waals surface area contributed by atoms with E-state index in [0.29, 0.717) is 5.69 Å². The van der Waals surface area contributed by atoms with Crippen LogP contribution < -0.4 is 16.4 Å². The molecule has 2 aromatic heterocycles. The molecule has 4 aromatic rings. The van der Waals surface area contributed by atoms with E-state index in [1.54, 1.807) is 29.8 Å². The summed E-state index contributed by atoms with van der Waals surface area (Å²) in [6.07, 6.45) is 3.30. The number of hydrogen-bond acceptors (Lipinski definition) is 4. The van der Waals surface area contributed by atoms with Gasteiger partial charge in [-0.05, 0) is 48.2 Å². The molecule has 0 aliphatic heterocycles. The minimum absolute atomic E-state index is 0.240. The Kier molecular flexibility index (Phi) is 5.56. The van der Waals surface area contributed by atoms with E-state index in [4.69, 9.17) is 0 Å². The lowest BCUT2D eigenvalue weighted by Crippen LogP contribution is -2.42. The topological polar surface area (TPSA) is 98.7 Å². The molecule has 0 radical (unpaired) electrons. The average molecular weight is 418 g/mol. The Morgan fingerprint density at radius 1 is 1.07 bits per heavy atom. The van der Waals surface area contributed by atoms with Crippen LogP contribution in [0.4, 0.5) is 11.4 Å². The molecule has 0 saturated heterocycles. The lowest BCUT2D eigenvalue weighted by Gasteiger charge is -2.10. The zero-order valence-electron chi connectivity index (χ0n) is 16.4. The second-order valence-corrected chi connectivity index (χ2v) is 8.05. The zero-order valence-corrected chi connectivity index (χ0v) is 17.3. The summed E-state index contributed by atoms with van der Waals surface area (Å²) in [4.78, 5) is 29.6. The second kappa shape index (κ2) is 8.44. The van der Waals surface area contributed by atoms with Gasteiger partial charge in [-0.1, -0.05) is 24.3 Å². The number of rotatable bonds is 4. The van der Waals surface area contributed by atoms with E-state index in [1.165, 1.54) is 10.1 Å². The van der Waals surface area contributed by atoms with Gasteiger partial charge in [0.1, 0.15) is 5.69 Å². The van der Waals surface area contributed by atoms with Crippen molar-refractivity contribution in [3.63, 3.8) is 0 Å². The van der Waals surface area contributed by atoms with Gasteiger partial charge >= 0.3 is 11.8 Å². The van der Waals surface area contributed by atoms with E-state index in [0.717, 1.165) is 27.3 Å². The Bertz CT molecular complexity index is 1200. The Labute approximate surface area is 177 Å². The first-order valence-corrected chi connectivity index (χ1v) is 10.3. The molecule has 0 fully saturated rings. The van der Waals surface area contributed by atoms with Crippen molar-refractivity contribution in [3.8, 4) is 10.4 Å². The van der Waals surface area contributed by atoms with Crippen LogP contribution in [0, 0.1) is 6.92 Å². The van der Waals surface area contributed by atoms with Crippen molar-refractivity contribution >= 4 is 44.6 Å². The predicted molar refractivity (Wildman–Crippen MR) is 119 cm³/mol. The number of nitrogens with zero attached hydrogens (tertiary/aromatic N) is 1. The van der Waals surface area contributed by atoms with Gasteiger partial charge < -0.3 is 16.4 Å². The third kappa shape index (κ3) is 4.22. The van der Waals surface area contributed by atoms with Gasteiger partial charge in [-0.15, -0.1) is 11.3 Å². The summed E-state index contributed by atoms with van der Waals surface area (Å²) in [6.45, 7) is 2.18. The summed E-state index contributed by atoms with van der Waals surface area (Å²) in [5, 5.41) is 6.47. The molecule has 5 N–H and O–H groups in total. The Morgan fingerprint density at radius 3 is 2.67 bits per heavy atom. The molecule has 30 heavy (non-hydrogen) atoms. The molecule has 150 valence electrons. The number of amides is 2. The first kappa shape index (κ1) is 19.8. The van der Waals surface area contributed by atoms with Crippen molar-refractivity contribution in [3.05, 3.63) is 78.1 Å². The number of carbonyl (C=O) groups excluding carboxylic acids is 2. The fourth-order valence-corrected chi connectivity index (χ4v) is 4.28. The maximum atomic E-state index is 12.4. The predicted octanol–water partition coefficient (Wildman–Crippen LogP) is 3.40. The SMILES string of the molecule is Cc1cc(NC(=O)C(=O)NCc2cccnc2)cc(-c2cc3ccccc3s2)c1[NH3+]. The average Bonchev–Trinajstić information content (AvgIpc) is 3.19. The number of benzene rings is 2. The first-order valence-electron chi connectivity index (χ1n) is 9.45. The number of aryl methyl sites for hydroxylation is 1. The standard InChI is InChI=1S/C23H20N4O2S/c1-14-9-17(27-23(29)22(28)26-13-15-5-4-8-25-12-15)11-18(21(14)24)20-10-16-6-2-3-7-19(16)30-20/h2-12H,13,24H2,1H3,(H,26,28)(H,27,29)/p+1. The van der Waals surface area contributed by atoms with Crippen molar-refractivity contribution in [1.82, 2.24) is 10.3 Å². The highest BCUT2D eigenvalue weighted by atomic mass is 32.1. The van der Waals surface area contributed by atoms with Gasteiger partial charge in [0.2, 0.25) is 0 Å². The summed E-state index contributed by atoms with van der Waals surface area (Å²) in [6, 6.07) is 17.6. The number of quaternary nitrogens is 1. The summed E-state index contributed by atoms with van der Waals surface area (Å²) in [5.41, 5.74) is 8.37. The lowest BCUT2D eigenvalue weighted by molar-refractivity contribution is -0.254. The van der Waals surface area contributed by atoms with Gasteiger partial charge in [-0.25, -0.2) is 0 Å². The summed E-state index contributed by atoms with van der Waals surface area (Å²) >= 11 is 1.67. The van der Waals surface area contributed by atoms with Gasteiger partial charge in [0.15, 0.2) is 0 Å². The summed E-state index contributed by atoms with van der Waals surface area (Å²) in [7, 11) is 0. The fourth-order valence-electron chi connectivity index (χ4n) is 3.18. The quantitative estimate of drug-likeness (QED) is 0.444. The molecule has 0 atom stereocenters. The van der Waals surface area contributed by atoms with E-state index in [9.17, 15) is 9.59 Å². The molecule has 0 saturated carbocycles. The molecule has 2 heterocycles. The van der Waals surface area contributed by atoms with Crippen LogP contribution in [0.15, 0.2) is 67.0 Å². The van der Waals surface area contributed by atoms with E-state index < -0.39 is 11.8 Å². The number of carbonyl (C=O) groups is 2. The smallest absolute Gasteiger partial charge is 0.313 e. The van der Waals surface area contributed by atoms with Crippen molar-refractivity contribution in [2.75, 3.05) is 5.32 Å². The number of thiophene rings is 1. The van der Waals surface area contributed by atoms with E-state index in [1.807, 2.05) is 37.3 Å². The van der Waals surface area contributed by atoms with Crippen LogP contribution in [0.2, 0.25) is 0 Å². The largest absolute Gasteiger partial charge is 0.344 e. The molecule has 0 aliphatic carbocycles. The minimum atomic E-state index is -0.711. The molecular formula is C23H21N4O2S+. The number of pyridine rings is 1. The Morgan fingerprint density at radius 2 is 1.90 bits per heavy atom. The zero-order chi connectivity index (χ0) is 21.1. The van der Waals surface area contributed by atoms with E-state index >= 15 is 0 Å². The van der Waals surface area contributed by atoms with Crippen LogP contribution in [-0.2, 0) is 16.1 Å². The van der Waals surface area contributed by atoms with Crippen molar-refractivity contribution in [2.24, 2.45) is 0 Å². The Hall–Kier alpha value is -3.55. The molecule has 2 amide bonds. The normalized spacial score (nSPS) is 10.7. The maximum Gasteiger partial charge on any atom is 0.313 e. The molecule has 7 heteroatoms. The minimum Gasteiger partial charge on any atom is -0.344 e. The molecule has 0 unspecified atom stereocenters. The number of fused-ring (bicyclic) bond motifs is 1. The second-order valence-electron chi connectivity index (χ2n) is 6.97. The first-order chi connectivity index (χ1) is 14.5. The molecular weight excluding hydrogens is 396 g/mol. The van der Waals surface area contributed by atoms with Gasteiger partial charge in [0.25, 0.3) is 0 Å². The third-order valence-corrected chi connectivity index (χ3v) is 5.95. The number of hydrogen-bond donors (Lipinski definition) is 3. The maximum absolute atomic E-state index is 12.4. The van der Waals surface area contributed by atoms with Gasteiger partial charge in [0.05, 0.1) is 5.56 Å². The molecule has 2 aromatic carbocycles.